The maximum absolute atomic E-state index is 5.41. The van der Waals surface area contributed by atoms with Crippen LogP contribution in [0, 0.1) is 18.8 Å². The molecule has 1 aliphatic heterocycles. The molecular weight excluding hydrogens is 236 g/mol. The predicted octanol–water partition coefficient (Wildman–Crippen LogP) is 2.80. The van der Waals surface area contributed by atoms with Crippen LogP contribution in [0.3, 0.4) is 0 Å². The lowest BCUT2D eigenvalue weighted by Gasteiger charge is -2.37. The number of aryl methyl sites for hydroxylation is 1. The molecule has 1 aromatic rings. The van der Waals surface area contributed by atoms with Crippen molar-refractivity contribution in [1.82, 2.24) is 10.3 Å². The van der Waals surface area contributed by atoms with E-state index in [-0.39, 0.29) is 0 Å². The molecule has 0 spiro atoms. The van der Waals surface area contributed by atoms with Crippen LogP contribution < -0.4 is 10.1 Å². The fourth-order valence-electron chi connectivity index (χ4n) is 3.44. The molecule has 0 aromatic carbocycles. The molecule has 2 heterocycles. The Balaban J connectivity index is 1.94. The lowest BCUT2D eigenvalue weighted by molar-refractivity contribution is 0.285. The average molecular weight is 258 g/mol. The topological polar surface area (TPSA) is 34.1 Å². The second-order valence-electron chi connectivity index (χ2n) is 5.61. The predicted molar refractivity (Wildman–Crippen MR) is 77.2 cm³/mol. The lowest BCUT2D eigenvalue weighted by atomic mass is 9.73. The van der Waals surface area contributed by atoms with Crippen molar-refractivity contribution < 1.29 is 4.74 Å². The SMILES string of the molecule is COc1cc(C2=CCC[C@H]3CCNC[C@@H]23)cnc1C. The number of nitrogens with one attached hydrogen (secondary N) is 1. The van der Waals surface area contributed by atoms with Gasteiger partial charge in [-0.1, -0.05) is 6.08 Å². The van der Waals surface area contributed by atoms with Crippen molar-refractivity contribution in [3.05, 3.63) is 29.6 Å². The van der Waals surface area contributed by atoms with Crippen LogP contribution in [0.25, 0.3) is 5.57 Å². The van der Waals surface area contributed by atoms with Crippen LogP contribution in [0.15, 0.2) is 18.3 Å². The third-order valence-corrected chi connectivity index (χ3v) is 4.52. The van der Waals surface area contributed by atoms with Gasteiger partial charge < -0.3 is 10.1 Å². The minimum absolute atomic E-state index is 0.650. The van der Waals surface area contributed by atoms with Gasteiger partial charge in [0.05, 0.1) is 12.8 Å². The van der Waals surface area contributed by atoms with E-state index in [2.05, 4.69) is 22.4 Å². The normalized spacial score (nSPS) is 26.5. The van der Waals surface area contributed by atoms with Crippen LogP contribution in [0.2, 0.25) is 0 Å². The van der Waals surface area contributed by atoms with Crippen molar-refractivity contribution in [2.24, 2.45) is 11.8 Å². The third kappa shape index (κ3) is 2.39. The Kier molecular flexibility index (Phi) is 3.56. The number of hydrogen-bond donors (Lipinski definition) is 1. The Morgan fingerprint density at radius 1 is 1.37 bits per heavy atom. The molecule has 1 N–H and O–H groups in total. The molecule has 19 heavy (non-hydrogen) atoms. The van der Waals surface area contributed by atoms with Gasteiger partial charge in [-0.05, 0) is 61.8 Å². The number of ether oxygens (including phenoxy) is 1. The third-order valence-electron chi connectivity index (χ3n) is 4.52. The summed E-state index contributed by atoms with van der Waals surface area (Å²) in [6, 6.07) is 2.14. The average Bonchev–Trinajstić information content (AvgIpc) is 2.47. The molecule has 1 saturated heterocycles. The van der Waals surface area contributed by atoms with Gasteiger partial charge in [0.25, 0.3) is 0 Å². The van der Waals surface area contributed by atoms with Crippen molar-refractivity contribution in [3.8, 4) is 5.75 Å². The van der Waals surface area contributed by atoms with E-state index in [1.807, 2.05) is 13.1 Å². The van der Waals surface area contributed by atoms with Gasteiger partial charge in [0.15, 0.2) is 0 Å². The molecule has 1 aromatic heterocycles. The van der Waals surface area contributed by atoms with E-state index in [1.165, 1.54) is 36.9 Å². The summed E-state index contributed by atoms with van der Waals surface area (Å²) in [6.07, 6.45) is 8.25. The smallest absolute Gasteiger partial charge is 0.140 e. The molecule has 0 saturated carbocycles. The zero-order valence-corrected chi connectivity index (χ0v) is 11.8. The van der Waals surface area contributed by atoms with E-state index in [1.54, 1.807) is 7.11 Å². The van der Waals surface area contributed by atoms with Gasteiger partial charge in [-0.25, -0.2) is 0 Å². The number of nitrogens with zero attached hydrogens (tertiary/aromatic N) is 1. The molecule has 102 valence electrons. The highest BCUT2D eigenvalue weighted by atomic mass is 16.5. The Hall–Kier alpha value is -1.35. The molecule has 0 radical (unpaired) electrons. The Morgan fingerprint density at radius 2 is 2.26 bits per heavy atom. The van der Waals surface area contributed by atoms with Crippen LogP contribution in [-0.2, 0) is 0 Å². The first-order valence-electron chi connectivity index (χ1n) is 7.21. The largest absolute Gasteiger partial charge is 0.495 e. The van der Waals surface area contributed by atoms with Crippen molar-refractivity contribution in [3.63, 3.8) is 0 Å². The standard InChI is InChI=1S/C16H22N2O/c1-11-16(19-2)8-13(9-18-11)14-5-3-4-12-6-7-17-10-15(12)14/h5,8-9,12,15,17H,3-4,6-7,10H2,1-2H3/t12-,15+/m0/s1. The first kappa shape index (κ1) is 12.7. The van der Waals surface area contributed by atoms with Gasteiger partial charge in [-0.3, -0.25) is 4.98 Å². The number of pyridine rings is 1. The minimum atomic E-state index is 0.650. The minimum Gasteiger partial charge on any atom is -0.495 e. The molecule has 0 unspecified atom stereocenters. The van der Waals surface area contributed by atoms with Crippen molar-refractivity contribution in [2.45, 2.75) is 26.2 Å². The van der Waals surface area contributed by atoms with Gasteiger partial charge in [-0.15, -0.1) is 0 Å². The number of aromatic nitrogens is 1. The fourth-order valence-corrected chi connectivity index (χ4v) is 3.44. The van der Waals surface area contributed by atoms with E-state index in [9.17, 15) is 0 Å². The molecule has 2 atom stereocenters. The van der Waals surface area contributed by atoms with Gasteiger partial charge in [0.2, 0.25) is 0 Å². The maximum atomic E-state index is 5.41. The van der Waals surface area contributed by atoms with Crippen LogP contribution in [0.5, 0.6) is 5.75 Å². The number of allylic oxidation sites excluding steroid dienone is 1. The summed E-state index contributed by atoms with van der Waals surface area (Å²) in [5, 5.41) is 3.53. The summed E-state index contributed by atoms with van der Waals surface area (Å²) in [5.74, 6) is 2.38. The summed E-state index contributed by atoms with van der Waals surface area (Å²) in [6.45, 7) is 4.26. The van der Waals surface area contributed by atoms with Crippen molar-refractivity contribution in [1.29, 1.82) is 0 Å². The second kappa shape index (κ2) is 5.33. The number of piperidine rings is 1. The molecule has 2 aliphatic rings. The first-order chi connectivity index (χ1) is 9.29. The molecule has 3 heteroatoms. The van der Waals surface area contributed by atoms with Gasteiger partial charge in [-0.2, -0.15) is 0 Å². The maximum Gasteiger partial charge on any atom is 0.140 e. The van der Waals surface area contributed by atoms with Crippen molar-refractivity contribution >= 4 is 5.57 Å². The number of rotatable bonds is 2. The zero-order valence-electron chi connectivity index (χ0n) is 11.8. The van der Waals surface area contributed by atoms with E-state index >= 15 is 0 Å². The summed E-state index contributed by atoms with van der Waals surface area (Å²) >= 11 is 0. The highest BCUT2D eigenvalue weighted by Gasteiger charge is 2.30. The van der Waals surface area contributed by atoms with Crippen LogP contribution >= 0.6 is 0 Å². The molecule has 3 nitrogen and oxygen atoms in total. The van der Waals surface area contributed by atoms with Gasteiger partial charge in [0.1, 0.15) is 5.75 Å². The molecule has 0 amide bonds. The van der Waals surface area contributed by atoms with E-state index < -0.39 is 0 Å². The summed E-state index contributed by atoms with van der Waals surface area (Å²) in [5.41, 5.74) is 3.66. The summed E-state index contributed by atoms with van der Waals surface area (Å²) in [7, 11) is 1.72. The molecular formula is C16H22N2O. The molecule has 1 aliphatic carbocycles. The first-order valence-corrected chi connectivity index (χ1v) is 7.21. The number of methoxy groups -OCH3 is 1. The van der Waals surface area contributed by atoms with Crippen LogP contribution in [-0.4, -0.2) is 25.2 Å². The molecule has 0 bridgehead atoms. The van der Waals surface area contributed by atoms with Crippen LogP contribution in [0.1, 0.15) is 30.5 Å². The monoisotopic (exact) mass is 258 g/mol. The summed E-state index contributed by atoms with van der Waals surface area (Å²) < 4.78 is 5.41. The fraction of sp³-hybridized carbons (Fsp3) is 0.562. The Morgan fingerprint density at radius 3 is 3.11 bits per heavy atom. The highest BCUT2D eigenvalue weighted by Crippen LogP contribution is 2.40. The Labute approximate surface area is 115 Å². The lowest BCUT2D eigenvalue weighted by Crippen LogP contribution is -2.38. The van der Waals surface area contributed by atoms with Gasteiger partial charge in [0, 0.05) is 12.7 Å². The Bertz CT molecular complexity index is 496. The summed E-state index contributed by atoms with van der Waals surface area (Å²) in [4.78, 5) is 4.48. The number of fused-ring (bicyclic) bond motifs is 1. The second-order valence-corrected chi connectivity index (χ2v) is 5.61. The number of hydrogen-bond acceptors (Lipinski definition) is 3. The van der Waals surface area contributed by atoms with Crippen LogP contribution in [0.4, 0.5) is 0 Å². The van der Waals surface area contributed by atoms with E-state index in [0.29, 0.717) is 5.92 Å². The van der Waals surface area contributed by atoms with E-state index in [0.717, 1.165) is 23.9 Å². The van der Waals surface area contributed by atoms with Crippen molar-refractivity contribution in [2.75, 3.05) is 20.2 Å². The van der Waals surface area contributed by atoms with Gasteiger partial charge >= 0.3 is 0 Å². The van der Waals surface area contributed by atoms with E-state index in [4.69, 9.17) is 4.74 Å². The quantitative estimate of drug-likeness (QED) is 0.885. The zero-order chi connectivity index (χ0) is 13.2. The molecule has 3 rings (SSSR count). The highest BCUT2D eigenvalue weighted by molar-refractivity contribution is 5.69. The molecule has 1 fully saturated rings.